The Labute approximate surface area is 164 Å². The van der Waals surface area contributed by atoms with E-state index in [0.29, 0.717) is 30.4 Å². The van der Waals surface area contributed by atoms with E-state index < -0.39 is 0 Å². The Kier molecular flexibility index (Phi) is 4.59. The second-order valence-corrected chi connectivity index (χ2v) is 7.89. The number of ether oxygens (including phenoxy) is 2. The third-order valence-corrected chi connectivity index (χ3v) is 4.78. The molecule has 0 bridgehead atoms. The fraction of sp³-hybridized carbons (Fsp3) is 0.261. The molecular weight excluding hydrogens is 352 g/mol. The summed E-state index contributed by atoms with van der Waals surface area (Å²) in [5, 5.41) is 8.00. The molecule has 5 heteroatoms. The summed E-state index contributed by atoms with van der Waals surface area (Å²) in [5.74, 6) is 1.34. The minimum Gasteiger partial charge on any atom is -0.486 e. The molecule has 3 aromatic carbocycles. The molecule has 28 heavy (non-hydrogen) atoms. The number of carbonyl (C=O) groups is 1. The summed E-state index contributed by atoms with van der Waals surface area (Å²) < 4.78 is 11.1. The van der Waals surface area contributed by atoms with Crippen LogP contribution in [0.15, 0.2) is 54.6 Å². The molecule has 2 amide bonds. The van der Waals surface area contributed by atoms with E-state index >= 15 is 0 Å². The van der Waals surface area contributed by atoms with Crippen LogP contribution in [0.1, 0.15) is 26.3 Å². The van der Waals surface area contributed by atoms with Gasteiger partial charge in [0.25, 0.3) is 0 Å². The van der Waals surface area contributed by atoms with Crippen molar-refractivity contribution in [3.05, 3.63) is 60.2 Å². The Hall–Kier alpha value is -3.21. The zero-order valence-corrected chi connectivity index (χ0v) is 16.3. The molecule has 2 N–H and O–H groups in total. The van der Waals surface area contributed by atoms with E-state index in [1.54, 1.807) is 18.2 Å². The lowest BCUT2D eigenvalue weighted by atomic mass is 9.83. The molecule has 0 atom stereocenters. The van der Waals surface area contributed by atoms with Crippen LogP contribution in [0.25, 0.3) is 10.8 Å². The van der Waals surface area contributed by atoms with Crippen LogP contribution in [0.4, 0.5) is 16.2 Å². The number of hydrogen-bond donors (Lipinski definition) is 2. The average Bonchev–Trinajstić information content (AvgIpc) is 2.67. The lowest BCUT2D eigenvalue weighted by molar-refractivity contribution is 0.171. The molecule has 0 saturated heterocycles. The Morgan fingerprint density at radius 2 is 1.57 bits per heavy atom. The lowest BCUT2D eigenvalue weighted by Gasteiger charge is -2.22. The van der Waals surface area contributed by atoms with Crippen LogP contribution in [0.5, 0.6) is 11.5 Å². The topological polar surface area (TPSA) is 59.6 Å². The van der Waals surface area contributed by atoms with Crippen molar-refractivity contribution < 1.29 is 14.3 Å². The van der Waals surface area contributed by atoms with Crippen molar-refractivity contribution in [2.24, 2.45) is 0 Å². The summed E-state index contributed by atoms with van der Waals surface area (Å²) in [4.78, 5) is 12.6. The normalized spacial score (nSPS) is 13.2. The highest BCUT2D eigenvalue weighted by atomic mass is 16.6. The highest BCUT2D eigenvalue weighted by Gasteiger charge is 2.18. The first-order chi connectivity index (χ1) is 13.4. The van der Waals surface area contributed by atoms with Crippen LogP contribution >= 0.6 is 0 Å². The standard InChI is InChI=1S/C23H24N2O3/c1-23(2,3)18-8-4-7-17-16(18)6-5-9-19(17)25-22(26)24-15-10-11-20-21(14-15)28-13-12-27-20/h4-11,14H,12-13H2,1-3H3,(H2,24,25,26). The number of benzene rings is 3. The number of fused-ring (bicyclic) bond motifs is 2. The first-order valence-electron chi connectivity index (χ1n) is 9.42. The van der Waals surface area contributed by atoms with E-state index in [4.69, 9.17) is 9.47 Å². The zero-order chi connectivity index (χ0) is 19.7. The average molecular weight is 376 g/mol. The van der Waals surface area contributed by atoms with Crippen LogP contribution in [-0.4, -0.2) is 19.2 Å². The molecule has 0 fully saturated rings. The number of urea groups is 1. The largest absolute Gasteiger partial charge is 0.486 e. The molecule has 0 aliphatic carbocycles. The van der Waals surface area contributed by atoms with Crippen molar-refractivity contribution in [3.8, 4) is 11.5 Å². The van der Waals surface area contributed by atoms with Crippen molar-refractivity contribution in [1.82, 2.24) is 0 Å². The van der Waals surface area contributed by atoms with E-state index in [0.717, 1.165) is 16.5 Å². The smallest absolute Gasteiger partial charge is 0.323 e. The maximum atomic E-state index is 12.6. The summed E-state index contributed by atoms with van der Waals surface area (Å²) >= 11 is 0. The van der Waals surface area contributed by atoms with Gasteiger partial charge in [-0.25, -0.2) is 4.79 Å². The van der Waals surface area contributed by atoms with Gasteiger partial charge in [-0.2, -0.15) is 0 Å². The summed E-state index contributed by atoms with van der Waals surface area (Å²) in [5.41, 5.74) is 2.70. The second kappa shape index (κ2) is 7.08. The molecule has 4 rings (SSSR count). The number of amides is 2. The van der Waals surface area contributed by atoms with Gasteiger partial charge in [-0.15, -0.1) is 0 Å². The van der Waals surface area contributed by atoms with Gasteiger partial charge >= 0.3 is 6.03 Å². The first kappa shape index (κ1) is 18.2. The van der Waals surface area contributed by atoms with Crippen LogP contribution < -0.4 is 20.1 Å². The molecule has 3 aromatic rings. The zero-order valence-electron chi connectivity index (χ0n) is 16.3. The molecule has 1 aliphatic rings. The Morgan fingerprint density at radius 3 is 2.36 bits per heavy atom. The van der Waals surface area contributed by atoms with E-state index in [2.05, 4.69) is 43.5 Å². The van der Waals surface area contributed by atoms with Gasteiger partial charge < -0.3 is 20.1 Å². The molecule has 0 saturated carbocycles. The van der Waals surface area contributed by atoms with Crippen molar-refractivity contribution in [2.75, 3.05) is 23.8 Å². The highest BCUT2D eigenvalue weighted by Crippen LogP contribution is 2.34. The molecule has 1 heterocycles. The molecular formula is C23H24N2O3. The van der Waals surface area contributed by atoms with Gasteiger partial charge in [0.15, 0.2) is 11.5 Å². The Bertz CT molecular complexity index is 1040. The summed E-state index contributed by atoms with van der Waals surface area (Å²) in [6.07, 6.45) is 0. The van der Waals surface area contributed by atoms with Crippen LogP contribution in [-0.2, 0) is 5.41 Å². The molecule has 0 aromatic heterocycles. The molecule has 0 spiro atoms. The molecule has 5 nitrogen and oxygen atoms in total. The van der Waals surface area contributed by atoms with E-state index in [-0.39, 0.29) is 11.4 Å². The van der Waals surface area contributed by atoms with Gasteiger partial charge in [-0.05, 0) is 34.6 Å². The summed E-state index contributed by atoms with van der Waals surface area (Å²) in [7, 11) is 0. The number of anilines is 2. The van der Waals surface area contributed by atoms with E-state index in [1.165, 1.54) is 5.56 Å². The monoisotopic (exact) mass is 376 g/mol. The van der Waals surface area contributed by atoms with Crippen LogP contribution in [0.3, 0.4) is 0 Å². The first-order valence-corrected chi connectivity index (χ1v) is 9.42. The van der Waals surface area contributed by atoms with Gasteiger partial charge in [-0.1, -0.05) is 51.1 Å². The fourth-order valence-corrected chi connectivity index (χ4v) is 3.48. The van der Waals surface area contributed by atoms with Crippen LogP contribution in [0.2, 0.25) is 0 Å². The Morgan fingerprint density at radius 1 is 0.857 bits per heavy atom. The molecule has 144 valence electrons. The minimum absolute atomic E-state index is 0.0194. The molecule has 1 aliphatic heterocycles. The predicted octanol–water partition coefficient (Wildman–Crippen LogP) is 5.55. The predicted molar refractivity (Wildman–Crippen MR) is 113 cm³/mol. The molecule has 0 radical (unpaired) electrons. The highest BCUT2D eigenvalue weighted by molar-refractivity contribution is 6.07. The van der Waals surface area contributed by atoms with Gasteiger partial charge in [0.1, 0.15) is 13.2 Å². The van der Waals surface area contributed by atoms with Crippen molar-refractivity contribution in [2.45, 2.75) is 26.2 Å². The maximum Gasteiger partial charge on any atom is 0.323 e. The third-order valence-electron chi connectivity index (χ3n) is 4.78. The Balaban J connectivity index is 1.57. The SMILES string of the molecule is CC(C)(C)c1cccc2c(NC(=O)Nc3ccc4c(c3)OCCO4)cccc12. The quantitative estimate of drug-likeness (QED) is 0.616. The van der Waals surface area contributed by atoms with Gasteiger partial charge in [-0.3, -0.25) is 0 Å². The summed E-state index contributed by atoms with van der Waals surface area (Å²) in [6, 6.07) is 17.3. The third kappa shape index (κ3) is 3.60. The second-order valence-electron chi connectivity index (χ2n) is 7.89. The van der Waals surface area contributed by atoms with Crippen LogP contribution in [0, 0.1) is 0 Å². The van der Waals surface area contributed by atoms with Gasteiger partial charge in [0, 0.05) is 17.1 Å². The minimum atomic E-state index is -0.301. The van der Waals surface area contributed by atoms with E-state index in [9.17, 15) is 4.79 Å². The lowest BCUT2D eigenvalue weighted by Crippen LogP contribution is -2.20. The van der Waals surface area contributed by atoms with Crippen molar-refractivity contribution in [3.63, 3.8) is 0 Å². The fourth-order valence-electron chi connectivity index (χ4n) is 3.48. The van der Waals surface area contributed by atoms with Crippen molar-refractivity contribution >= 4 is 28.2 Å². The van der Waals surface area contributed by atoms with Gasteiger partial charge in [0.05, 0.1) is 5.69 Å². The van der Waals surface area contributed by atoms with E-state index in [1.807, 2.05) is 24.3 Å². The molecule has 0 unspecified atom stereocenters. The number of rotatable bonds is 2. The van der Waals surface area contributed by atoms with Crippen molar-refractivity contribution in [1.29, 1.82) is 0 Å². The maximum absolute atomic E-state index is 12.6. The summed E-state index contributed by atoms with van der Waals surface area (Å²) in [6.45, 7) is 7.62. The number of hydrogen-bond acceptors (Lipinski definition) is 3. The van der Waals surface area contributed by atoms with Gasteiger partial charge in [0.2, 0.25) is 0 Å². The number of carbonyl (C=O) groups excluding carboxylic acids is 1. The number of nitrogens with one attached hydrogen (secondary N) is 2.